The van der Waals surface area contributed by atoms with Crippen molar-refractivity contribution in [2.24, 2.45) is 0 Å². The van der Waals surface area contributed by atoms with Crippen LogP contribution >= 0.6 is 11.8 Å². The first-order valence-corrected chi connectivity index (χ1v) is 10.8. The molecular weight excluding hydrogens is 408 g/mol. The van der Waals surface area contributed by atoms with Gasteiger partial charge in [-0.05, 0) is 36.2 Å². The highest BCUT2D eigenvalue weighted by Gasteiger charge is 2.14. The van der Waals surface area contributed by atoms with Crippen molar-refractivity contribution in [3.63, 3.8) is 0 Å². The van der Waals surface area contributed by atoms with E-state index in [2.05, 4.69) is 27.8 Å². The molecule has 4 rings (SSSR count). The summed E-state index contributed by atoms with van der Waals surface area (Å²) in [6.45, 7) is 2.25. The van der Waals surface area contributed by atoms with Gasteiger partial charge in [0.25, 0.3) is 5.91 Å². The van der Waals surface area contributed by atoms with Crippen LogP contribution in [0.3, 0.4) is 0 Å². The van der Waals surface area contributed by atoms with Crippen LogP contribution in [0.15, 0.2) is 90.1 Å². The summed E-state index contributed by atoms with van der Waals surface area (Å²) in [5.74, 6) is 1.73. The van der Waals surface area contributed by atoms with Crippen molar-refractivity contribution in [3.8, 4) is 5.75 Å². The molecule has 7 heteroatoms. The SMILES string of the molecule is Cc1nnc(SCc2ccccc2)n1NC(=O)c1cccc(OCc2ccccc2)c1. The topological polar surface area (TPSA) is 69.0 Å². The lowest BCUT2D eigenvalue weighted by atomic mass is 10.2. The van der Waals surface area contributed by atoms with Crippen LogP contribution in [-0.4, -0.2) is 20.8 Å². The lowest BCUT2D eigenvalue weighted by Crippen LogP contribution is -2.24. The van der Waals surface area contributed by atoms with E-state index in [1.54, 1.807) is 29.8 Å². The maximum absolute atomic E-state index is 12.9. The van der Waals surface area contributed by atoms with Gasteiger partial charge in [-0.1, -0.05) is 78.5 Å². The number of rotatable bonds is 8. The van der Waals surface area contributed by atoms with Gasteiger partial charge in [-0.3, -0.25) is 10.2 Å². The van der Waals surface area contributed by atoms with Crippen molar-refractivity contribution < 1.29 is 9.53 Å². The molecule has 31 heavy (non-hydrogen) atoms. The van der Waals surface area contributed by atoms with E-state index in [4.69, 9.17) is 4.74 Å². The average Bonchev–Trinajstić information content (AvgIpc) is 3.17. The van der Waals surface area contributed by atoms with Gasteiger partial charge < -0.3 is 4.74 Å². The first-order valence-electron chi connectivity index (χ1n) is 9.86. The van der Waals surface area contributed by atoms with E-state index in [1.807, 2.05) is 54.6 Å². The summed E-state index contributed by atoms with van der Waals surface area (Å²) in [5.41, 5.74) is 5.63. The van der Waals surface area contributed by atoms with Gasteiger partial charge in [0.15, 0.2) is 0 Å². The molecule has 0 fully saturated rings. The van der Waals surface area contributed by atoms with Crippen molar-refractivity contribution >= 4 is 17.7 Å². The number of carbonyl (C=O) groups is 1. The van der Waals surface area contributed by atoms with Crippen molar-refractivity contribution in [3.05, 3.63) is 107 Å². The molecule has 0 atom stereocenters. The van der Waals surface area contributed by atoms with Crippen LogP contribution in [0.5, 0.6) is 5.75 Å². The number of hydrogen-bond donors (Lipinski definition) is 1. The highest BCUT2D eigenvalue weighted by molar-refractivity contribution is 7.98. The Morgan fingerprint density at radius 2 is 1.65 bits per heavy atom. The molecule has 0 radical (unpaired) electrons. The number of nitrogens with zero attached hydrogens (tertiary/aromatic N) is 3. The van der Waals surface area contributed by atoms with E-state index in [1.165, 1.54) is 17.3 Å². The Bertz CT molecular complexity index is 1150. The zero-order chi connectivity index (χ0) is 21.5. The van der Waals surface area contributed by atoms with E-state index in [0.717, 1.165) is 11.3 Å². The van der Waals surface area contributed by atoms with Crippen molar-refractivity contribution in [2.75, 3.05) is 5.43 Å². The number of carbonyl (C=O) groups excluding carboxylic acids is 1. The second-order valence-corrected chi connectivity index (χ2v) is 7.83. The van der Waals surface area contributed by atoms with Crippen molar-refractivity contribution in [1.29, 1.82) is 0 Å². The van der Waals surface area contributed by atoms with Gasteiger partial charge in [-0.2, -0.15) is 0 Å². The molecule has 1 amide bonds. The second kappa shape index (κ2) is 9.95. The van der Waals surface area contributed by atoms with Crippen LogP contribution in [0.25, 0.3) is 0 Å². The normalized spacial score (nSPS) is 10.6. The van der Waals surface area contributed by atoms with Gasteiger partial charge in [-0.25, -0.2) is 4.68 Å². The minimum atomic E-state index is -0.255. The predicted molar refractivity (Wildman–Crippen MR) is 122 cm³/mol. The molecule has 0 bridgehead atoms. The number of nitrogens with one attached hydrogen (secondary N) is 1. The van der Waals surface area contributed by atoms with Crippen molar-refractivity contribution in [2.45, 2.75) is 24.4 Å². The molecule has 0 aliphatic heterocycles. The lowest BCUT2D eigenvalue weighted by Gasteiger charge is -2.11. The van der Waals surface area contributed by atoms with Gasteiger partial charge in [-0.15, -0.1) is 10.2 Å². The molecule has 0 aliphatic carbocycles. The summed E-state index contributed by atoms with van der Waals surface area (Å²) in [6.07, 6.45) is 0. The van der Waals surface area contributed by atoms with E-state index in [9.17, 15) is 4.79 Å². The molecule has 3 aromatic carbocycles. The Labute approximate surface area is 185 Å². The highest BCUT2D eigenvalue weighted by Crippen LogP contribution is 2.21. The molecule has 0 saturated carbocycles. The Morgan fingerprint density at radius 3 is 2.39 bits per heavy atom. The molecule has 0 saturated heterocycles. The number of aryl methyl sites for hydroxylation is 1. The molecule has 1 aromatic heterocycles. The standard InChI is InChI=1S/C24H22N4O2S/c1-18-25-26-24(31-17-20-11-6-3-7-12-20)28(18)27-23(29)21-13-8-14-22(15-21)30-16-19-9-4-2-5-10-19/h2-15H,16-17H2,1H3,(H,27,29). The number of benzene rings is 3. The monoisotopic (exact) mass is 430 g/mol. The van der Waals surface area contributed by atoms with Crippen LogP contribution in [-0.2, 0) is 12.4 Å². The minimum absolute atomic E-state index is 0.255. The second-order valence-electron chi connectivity index (χ2n) is 6.88. The predicted octanol–water partition coefficient (Wildman–Crippen LogP) is 4.84. The van der Waals surface area contributed by atoms with Gasteiger partial charge in [0.2, 0.25) is 5.16 Å². The number of amides is 1. The molecule has 4 aromatic rings. The smallest absolute Gasteiger partial charge is 0.270 e. The lowest BCUT2D eigenvalue weighted by molar-refractivity contribution is 0.100. The number of thioether (sulfide) groups is 1. The van der Waals surface area contributed by atoms with Crippen molar-refractivity contribution in [1.82, 2.24) is 14.9 Å². The summed E-state index contributed by atoms with van der Waals surface area (Å²) in [4.78, 5) is 12.9. The Kier molecular flexibility index (Phi) is 6.64. The summed E-state index contributed by atoms with van der Waals surface area (Å²) in [6, 6.07) is 27.1. The average molecular weight is 431 g/mol. The summed E-state index contributed by atoms with van der Waals surface area (Å²) in [5, 5.41) is 8.93. The quantitative estimate of drug-likeness (QED) is 0.405. The fourth-order valence-corrected chi connectivity index (χ4v) is 3.82. The zero-order valence-electron chi connectivity index (χ0n) is 17.1. The van der Waals surface area contributed by atoms with Gasteiger partial charge in [0.1, 0.15) is 18.2 Å². The number of hydrogen-bond acceptors (Lipinski definition) is 5. The van der Waals surface area contributed by atoms with Crippen LogP contribution in [0.2, 0.25) is 0 Å². The van der Waals surface area contributed by atoms with Gasteiger partial charge in [0, 0.05) is 11.3 Å². The minimum Gasteiger partial charge on any atom is -0.489 e. The van der Waals surface area contributed by atoms with Crippen LogP contribution in [0.4, 0.5) is 0 Å². The Hall–Kier alpha value is -3.58. The third kappa shape index (κ3) is 5.52. The molecular formula is C24H22N4O2S. The van der Waals surface area contributed by atoms with Gasteiger partial charge >= 0.3 is 0 Å². The fourth-order valence-electron chi connectivity index (χ4n) is 2.92. The van der Waals surface area contributed by atoms with E-state index >= 15 is 0 Å². The summed E-state index contributed by atoms with van der Waals surface area (Å²) < 4.78 is 7.46. The number of aromatic nitrogens is 3. The Morgan fingerprint density at radius 1 is 0.935 bits per heavy atom. The maximum atomic E-state index is 12.9. The third-order valence-corrected chi connectivity index (χ3v) is 5.56. The molecule has 1 heterocycles. The van der Waals surface area contributed by atoms with E-state index in [0.29, 0.717) is 28.9 Å². The molecule has 1 N–H and O–H groups in total. The highest BCUT2D eigenvalue weighted by atomic mass is 32.2. The van der Waals surface area contributed by atoms with Crippen LogP contribution in [0, 0.1) is 6.92 Å². The molecule has 0 unspecified atom stereocenters. The summed E-state index contributed by atoms with van der Waals surface area (Å²) in [7, 11) is 0. The Balaban J connectivity index is 1.42. The number of ether oxygens (including phenoxy) is 1. The first-order chi connectivity index (χ1) is 15.2. The fraction of sp³-hybridized carbons (Fsp3) is 0.125. The zero-order valence-corrected chi connectivity index (χ0v) is 17.9. The van der Waals surface area contributed by atoms with E-state index < -0.39 is 0 Å². The largest absolute Gasteiger partial charge is 0.489 e. The van der Waals surface area contributed by atoms with E-state index in [-0.39, 0.29) is 5.91 Å². The molecule has 156 valence electrons. The molecule has 0 aliphatic rings. The van der Waals surface area contributed by atoms with Gasteiger partial charge in [0.05, 0.1) is 0 Å². The third-order valence-electron chi connectivity index (χ3n) is 4.56. The molecule has 6 nitrogen and oxygen atoms in total. The molecule has 0 spiro atoms. The van der Waals surface area contributed by atoms with Crippen LogP contribution < -0.4 is 10.2 Å². The van der Waals surface area contributed by atoms with Crippen LogP contribution in [0.1, 0.15) is 27.3 Å². The maximum Gasteiger partial charge on any atom is 0.270 e. The first kappa shape index (κ1) is 20.7. The summed E-state index contributed by atoms with van der Waals surface area (Å²) >= 11 is 1.52.